The summed E-state index contributed by atoms with van der Waals surface area (Å²) >= 11 is 12.9. The maximum Gasteiger partial charge on any atom is 0.251 e. The molecule has 2 atom stereocenters. The summed E-state index contributed by atoms with van der Waals surface area (Å²) in [6.07, 6.45) is 3.73. The van der Waals surface area contributed by atoms with Crippen LogP contribution in [0.15, 0.2) is 22.7 Å². The third-order valence-corrected chi connectivity index (χ3v) is 5.79. The minimum absolute atomic E-state index is 0.0466. The molecule has 0 spiro atoms. The lowest BCUT2D eigenvalue weighted by Crippen LogP contribution is -2.31. The molecule has 104 valence electrons. The Hall–Kier alpha value is -0.0600. The lowest BCUT2D eigenvalue weighted by Gasteiger charge is -2.17. The molecule has 1 aromatic carbocycles. The van der Waals surface area contributed by atoms with Crippen LogP contribution in [0.1, 0.15) is 29.6 Å². The molecule has 5 heteroatoms. The first-order valence-corrected chi connectivity index (χ1v) is 8.70. The van der Waals surface area contributed by atoms with Gasteiger partial charge in [0.1, 0.15) is 0 Å². The Morgan fingerprint density at radius 1 is 1.37 bits per heavy atom. The van der Waals surface area contributed by atoms with Crippen LogP contribution in [0.2, 0.25) is 5.02 Å². The largest absolute Gasteiger partial charge is 0.352 e. The van der Waals surface area contributed by atoms with Crippen molar-refractivity contribution in [2.24, 2.45) is 11.8 Å². The molecule has 0 bridgehead atoms. The van der Waals surface area contributed by atoms with E-state index in [0.29, 0.717) is 22.4 Å². The van der Waals surface area contributed by atoms with Crippen molar-refractivity contribution in [2.75, 3.05) is 11.9 Å². The maximum absolute atomic E-state index is 12.1. The van der Waals surface area contributed by atoms with Crippen LogP contribution < -0.4 is 5.32 Å². The van der Waals surface area contributed by atoms with Crippen molar-refractivity contribution >= 4 is 49.4 Å². The van der Waals surface area contributed by atoms with E-state index in [4.69, 9.17) is 11.6 Å². The van der Waals surface area contributed by atoms with Crippen molar-refractivity contribution in [1.82, 2.24) is 5.32 Å². The van der Waals surface area contributed by atoms with Crippen LogP contribution in [-0.4, -0.2) is 17.8 Å². The Balaban J connectivity index is 1.92. The van der Waals surface area contributed by atoms with Gasteiger partial charge in [0.05, 0.1) is 5.02 Å². The molecule has 2 rings (SSSR count). The van der Waals surface area contributed by atoms with Gasteiger partial charge in [-0.2, -0.15) is 0 Å². The summed E-state index contributed by atoms with van der Waals surface area (Å²) in [6, 6.07) is 5.27. The number of carbonyl (C=O) groups excluding carboxylic acids is 1. The molecule has 0 aromatic heterocycles. The third kappa shape index (κ3) is 3.96. The quantitative estimate of drug-likeness (QED) is 0.721. The van der Waals surface area contributed by atoms with Crippen molar-refractivity contribution < 1.29 is 4.79 Å². The fourth-order valence-electron chi connectivity index (χ4n) is 2.55. The van der Waals surface area contributed by atoms with Crippen molar-refractivity contribution in [3.05, 3.63) is 33.3 Å². The minimum Gasteiger partial charge on any atom is -0.352 e. The van der Waals surface area contributed by atoms with E-state index >= 15 is 0 Å². The predicted molar refractivity (Wildman–Crippen MR) is 86.1 cm³/mol. The number of alkyl halides is 1. The molecular formula is C14H16Br2ClNO. The van der Waals surface area contributed by atoms with Gasteiger partial charge in [0.25, 0.3) is 5.91 Å². The number of hydrogen-bond acceptors (Lipinski definition) is 1. The van der Waals surface area contributed by atoms with Gasteiger partial charge >= 0.3 is 0 Å². The Bertz CT molecular complexity index is 467. The second kappa shape index (κ2) is 7.09. The number of hydrogen-bond donors (Lipinski definition) is 1. The number of benzene rings is 1. The Morgan fingerprint density at radius 3 is 2.79 bits per heavy atom. The molecule has 1 aromatic rings. The first-order chi connectivity index (χ1) is 9.11. The smallest absolute Gasteiger partial charge is 0.251 e. The number of amides is 1. The zero-order valence-corrected chi connectivity index (χ0v) is 14.4. The molecule has 1 aliphatic carbocycles. The molecule has 1 saturated carbocycles. The van der Waals surface area contributed by atoms with Gasteiger partial charge in [0, 0.05) is 21.9 Å². The van der Waals surface area contributed by atoms with E-state index in [1.807, 2.05) is 0 Å². The second-order valence-electron chi connectivity index (χ2n) is 4.94. The van der Waals surface area contributed by atoms with Gasteiger partial charge in [-0.25, -0.2) is 0 Å². The van der Waals surface area contributed by atoms with Crippen LogP contribution in [0.25, 0.3) is 0 Å². The third-order valence-electron chi connectivity index (χ3n) is 3.72. The molecule has 0 radical (unpaired) electrons. The molecule has 1 fully saturated rings. The highest BCUT2D eigenvalue weighted by Gasteiger charge is 2.26. The Kier molecular flexibility index (Phi) is 5.72. The Morgan fingerprint density at radius 2 is 2.11 bits per heavy atom. The normalized spacial score (nSPS) is 22.5. The molecule has 2 unspecified atom stereocenters. The lowest BCUT2D eigenvalue weighted by atomic mass is 9.98. The monoisotopic (exact) mass is 407 g/mol. The summed E-state index contributed by atoms with van der Waals surface area (Å²) < 4.78 is 0.806. The average molecular weight is 410 g/mol. The van der Waals surface area contributed by atoms with E-state index in [1.54, 1.807) is 18.2 Å². The molecule has 2 nitrogen and oxygen atoms in total. The van der Waals surface area contributed by atoms with Crippen LogP contribution in [0.3, 0.4) is 0 Å². The molecule has 0 aliphatic heterocycles. The van der Waals surface area contributed by atoms with E-state index in [0.717, 1.165) is 16.3 Å². The van der Waals surface area contributed by atoms with E-state index in [1.165, 1.54) is 19.3 Å². The van der Waals surface area contributed by atoms with E-state index in [9.17, 15) is 4.79 Å². The molecule has 1 aliphatic rings. The summed E-state index contributed by atoms with van der Waals surface area (Å²) in [6.45, 7) is 0.753. The highest BCUT2D eigenvalue weighted by molar-refractivity contribution is 9.10. The van der Waals surface area contributed by atoms with Gasteiger partial charge < -0.3 is 5.32 Å². The number of halogens is 3. The van der Waals surface area contributed by atoms with Gasteiger partial charge in [0.2, 0.25) is 0 Å². The molecule has 0 heterocycles. The summed E-state index contributed by atoms with van der Waals surface area (Å²) in [7, 11) is 0. The fraction of sp³-hybridized carbons (Fsp3) is 0.500. The summed E-state index contributed by atoms with van der Waals surface area (Å²) in [5, 5.41) is 4.61. The van der Waals surface area contributed by atoms with Gasteiger partial charge in [0.15, 0.2) is 0 Å². The molecule has 19 heavy (non-hydrogen) atoms. The average Bonchev–Trinajstić information content (AvgIpc) is 2.86. The highest BCUT2D eigenvalue weighted by atomic mass is 79.9. The molecule has 1 N–H and O–H groups in total. The van der Waals surface area contributed by atoms with Crippen molar-refractivity contribution in [3.63, 3.8) is 0 Å². The SMILES string of the molecule is O=C(NCC1CCCC1CBr)c1ccc(Br)c(Cl)c1. The van der Waals surface area contributed by atoms with E-state index in [2.05, 4.69) is 37.2 Å². The number of carbonyl (C=O) groups is 1. The van der Waals surface area contributed by atoms with Gasteiger partial charge in [-0.15, -0.1) is 0 Å². The topological polar surface area (TPSA) is 29.1 Å². The fourth-order valence-corrected chi connectivity index (χ4v) is 3.83. The number of nitrogens with one attached hydrogen (secondary N) is 1. The zero-order valence-electron chi connectivity index (χ0n) is 10.5. The van der Waals surface area contributed by atoms with Crippen LogP contribution in [-0.2, 0) is 0 Å². The first kappa shape index (κ1) is 15.3. The van der Waals surface area contributed by atoms with Crippen molar-refractivity contribution in [2.45, 2.75) is 19.3 Å². The first-order valence-electron chi connectivity index (χ1n) is 6.41. The number of rotatable bonds is 4. The van der Waals surface area contributed by atoms with E-state index < -0.39 is 0 Å². The van der Waals surface area contributed by atoms with Crippen molar-refractivity contribution in [3.8, 4) is 0 Å². The van der Waals surface area contributed by atoms with Gasteiger partial charge in [-0.3, -0.25) is 4.79 Å². The Labute approximate surface area is 135 Å². The maximum atomic E-state index is 12.1. The molecule has 0 saturated heterocycles. The minimum atomic E-state index is -0.0466. The highest BCUT2D eigenvalue weighted by Crippen LogP contribution is 2.32. The van der Waals surface area contributed by atoms with Crippen molar-refractivity contribution in [1.29, 1.82) is 0 Å². The summed E-state index contributed by atoms with van der Waals surface area (Å²) in [5.74, 6) is 1.23. The van der Waals surface area contributed by atoms with Gasteiger partial charge in [-0.1, -0.05) is 34.0 Å². The zero-order chi connectivity index (χ0) is 13.8. The van der Waals surface area contributed by atoms with Crippen LogP contribution in [0.5, 0.6) is 0 Å². The van der Waals surface area contributed by atoms with E-state index in [-0.39, 0.29) is 5.91 Å². The van der Waals surface area contributed by atoms with Crippen LogP contribution >= 0.6 is 43.5 Å². The second-order valence-corrected chi connectivity index (χ2v) is 6.85. The lowest BCUT2D eigenvalue weighted by molar-refractivity contribution is 0.0945. The molecular weight excluding hydrogens is 393 g/mol. The summed E-state index contributed by atoms with van der Waals surface area (Å²) in [5.41, 5.74) is 0.613. The standard InChI is InChI=1S/C14H16Br2ClNO/c15-7-10-2-1-3-11(10)8-18-14(19)9-4-5-12(16)13(17)6-9/h4-6,10-11H,1-3,7-8H2,(H,18,19). The predicted octanol–water partition coefficient (Wildman–Crippen LogP) is 4.64. The molecule has 1 amide bonds. The van der Waals surface area contributed by atoms with Crippen LogP contribution in [0, 0.1) is 11.8 Å². The van der Waals surface area contributed by atoms with Gasteiger partial charge in [-0.05, 0) is 58.8 Å². The summed E-state index contributed by atoms with van der Waals surface area (Å²) in [4.78, 5) is 12.1. The van der Waals surface area contributed by atoms with Crippen LogP contribution in [0.4, 0.5) is 0 Å².